The Kier molecular flexibility index (Phi) is 2.30. The van der Waals surface area contributed by atoms with E-state index in [2.05, 4.69) is 30.4 Å². The zero-order valence-electron chi connectivity index (χ0n) is 9.72. The molecule has 0 spiro atoms. The van der Waals surface area contributed by atoms with Gasteiger partial charge in [-0.15, -0.1) is 0 Å². The maximum absolute atomic E-state index is 6.01. The summed E-state index contributed by atoms with van der Waals surface area (Å²) in [5, 5.41) is 4.52. The number of aromatic nitrogens is 3. The molecule has 0 aliphatic heterocycles. The molecule has 2 unspecified atom stereocenters. The third-order valence-electron chi connectivity index (χ3n) is 3.50. The molecule has 2 aromatic heterocycles. The lowest BCUT2D eigenvalue weighted by atomic mass is 9.72. The minimum absolute atomic E-state index is 0.178. The van der Waals surface area contributed by atoms with Crippen LogP contribution in [-0.2, 0) is 0 Å². The van der Waals surface area contributed by atoms with Crippen molar-refractivity contribution >= 4 is 17.1 Å². The summed E-state index contributed by atoms with van der Waals surface area (Å²) in [5.74, 6) is 0.976. The summed E-state index contributed by atoms with van der Waals surface area (Å²) in [4.78, 5) is 4.24. The molecule has 3 rings (SSSR count). The van der Waals surface area contributed by atoms with Crippen molar-refractivity contribution in [3.8, 4) is 5.88 Å². The normalized spacial score (nSPS) is 28.1. The zero-order chi connectivity index (χ0) is 12.0. The molecule has 1 aliphatic carbocycles. The fourth-order valence-corrected chi connectivity index (χ4v) is 2.16. The van der Waals surface area contributed by atoms with Crippen LogP contribution in [0.1, 0.15) is 20.3 Å². The van der Waals surface area contributed by atoms with Crippen molar-refractivity contribution in [3.05, 3.63) is 30.0 Å². The number of hydrogen-bond acceptors (Lipinski definition) is 3. The van der Waals surface area contributed by atoms with E-state index in [1.165, 1.54) is 0 Å². The third-order valence-corrected chi connectivity index (χ3v) is 3.68. The van der Waals surface area contributed by atoms with Gasteiger partial charge in [0.15, 0.2) is 5.15 Å². The van der Waals surface area contributed by atoms with Gasteiger partial charge >= 0.3 is 0 Å². The zero-order valence-corrected chi connectivity index (χ0v) is 10.5. The van der Waals surface area contributed by atoms with Gasteiger partial charge < -0.3 is 4.74 Å². The Labute approximate surface area is 105 Å². The van der Waals surface area contributed by atoms with Gasteiger partial charge in [-0.2, -0.15) is 10.1 Å². The van der Waals surface area contributed by atoms with E-state index < -0.39 is 0 Å². The molecule has 1 aliphatic rings. The molecule has 0 saturated heterocycles. The summed E-state index contributed by atoms with van der Waals surface area (Å²) >= 11 is 5.95. The first-order valence-electron chi connectivity index (χ1n) is 5.61. The highest BCUT2D eigenvalue weighted by Gasteiger charge is 2.42. The molecule has 89 valence electrons. The Morgan fingerprint density at radius 2 is 2.41 bits per heavy atom. The molecule has 2 heterocycles. The summed E-state index contributed by atoms with van der Waals surface area (Å²) in [6, 6.07) is 1.87. The van der Waals surface area contributed by atoms with Crippen molar-refractivity contribution in [2.45, 2.75) is 25.9 Å². The summed E-state index contributed by atoms with van der Waals surface area (Å²) in [6.45, 7) is 4.23. The number of hydrogen-bond donors (Lipinski definition) is 0. The molecule has 1 fully saturated rings. The molecule has 2 aromatic rings. The first-order valence-corrected chi connectivity index (χ1v) is 5.98. The van der Waals surface area contributed by atoms with Gasteiger partial charge in [0.1, 0.15) is 11.1 Å². The Balaban J connectivity index is 2.02. The van der Waals surface area contributed by atoms with Crippen molar-refractivity contribution in [2.24, 2.45) is 5.92 Å². The first-order chi connectivity index (χ1) is 8.08. The van der Waals surface area contributed by atoms with E-state index in [9.17, 15) is 0 Å². The second kappa shape index (κ2) is 3.60. The van der Waals surface area contributed by atoms with Crippen LogP contribution in [0.4, 0.5) is 0 Å². The Morgan fingerprint density at radius 3 is 3.06 bits per heavy atom. The topological polar surface area (TPSA) is 39.4 Å². The molecule has 0 amide bonds. The van der Waals surface area contributed by atoms with Gasteiger partial charge in [-0.1, -0.05) is 18.5 Å². The van der Waals surface area contributed by atoms with Gasteiger partial charge in [0, 0.05) is 0 Å². The number of fused-ring (bicyclic) bond motifs is 1. The van der Waals surface area contributed by atoms with Gasteiger partial charge in [-0.05, 0) is 31.7 Å². The number of halogens is 1. The molecular formula is C12H13ClN3O. The lowest BCUT2D eigenvalue weighted by molar-refractivity contribution is -0.00735. The number of ether oxygens (including phenoxy) is 1. The van der Waals surface area contributed by atoms with Crippen molar-refractivity contribution in [1.82, 2.24) is 14.6 Å². The molecule has 0 bridgehead atoms. The number of nitrogens with zero attached hydrogens (tertiary/aromatic N) is 3. The van der Waals surface area contributed by atoms with Crippen LogP contribution in [0, 0.1) is 12.3 Å². The summed E-state index contributed by atoms with van der Waals surface area (Å²) in [6.07, 6.45) is 6.54. The Hall–Kier alpha value is -1.29. The highest BCUT2D eigenvalue weighted by atomic mass is 35.5. The molecule has 0 aromatic carbocycles. The van der Waals surface area contributed by atoms with Gasteiger partial charge in [0.25, 0.3) is 0 Å². The Bertz CT molecular complexity index is 568. The van der Waals surface area contributed by atoms with E-state index in [1.54, 1.807) is 16.9 Å². The minimum atomic E-state index is -0.178. The predicted molar refractivity (Wildman–Crippen MR) is 65.1 cm³/mol. The van der Waals surface area contributed by atoms with Crippen molar-refractivity contribution < 1.29 is 4.74 Å². The molecule has 4 nitrogen and oxygen atoms in total. The molecule has 5 heteroatoms. The van der Waals surface area contributed by atoms with Crippen LogP contribution < -0.4 is 4.74 Å². The minimum Gasteiger partial charge on any atom is -0.469 e. The SMILES string of the molecule is CC1[CH]CC1(C)Oc1nc(Cl)cn2nccc12. The van der Waals surface area contributed by atoms with E-state index >= 15 is 0 Å². The third kappa shape index (κ3) is 1.67. The van der Waals surface area contributed by atoms with Crippen LogP contribution in [0.15, 0.2) is 18.5 Å². The van der Waals surface area contributed by atoms with E-state index in [-0.39, 0.29) is 5.60 Å². The highest BCUT2D eigenvalue weighted by Crippen LogP contribution is 2.41. The second-order valence-corrected chi connectivity index (χ2v) is 5.06. The van der Waals surface area contributed by atoms with Crippen LogP contribution in [0.25, 0.3) is 5.52 Å². The fourth-order valence-electron chi connectivity index (χ4n) is 1.99. The van der Waals surface area contributed by atoms with Crippen LogP contribution >= 0.6 is 11.6 Å². The van der Waals surface area contributed by atoms with Gasteiger partial charge in [-0.25, -0.2) is 4.52 Å². The first kappa shape index (κ1) is 10.8. The van der Waals surface area contributed by atoms with Crippen LogP contribution in [0.5, 0.6) is 5.88 Å². The standard InChI is InChI=1S/C12H13ClN3O/c1-8-3-5-12(8,2)17-11-9-4-6-14-16(9)7-10(13)15-11/h3-4,6-8H,5H2,1-2H3. The average molecular weight is 251 g/mol. The van der Waals surface area contributed by atoms with Crippen molar-refractivity contribution in [1.29, 1.82) is 0 Å². The summed E-state index contributed by atoms with van der Waals surface area (Å²) in [7, 11) is 0. The fraction of sp³-hybridized carbons (Fsp3) is 0.417. The summed E-state index contributed by atoms with van der Waals surface area (Å²) < 4.78 is 7.70. The van der Waals surface area contributed by atoms with Gasteiger partial charge in [0.05, 0.1) is 12.4 Å². The van der Waals surface area contributed by atoms with Crippen LogP contribution in [-0.4, -0.2) is 20.2 Å². The molecule has 1 radical (unpaired) electrons. The smallest absolute Gasteiger partial charge is 0.242 e. The average Bonchev–Trinajstić information content (AvgIpc) is 2.75. The van der Waals surface area contributed by atoms with E-state index in [0.29, 0.717) is 17.0 Å². The van der Waals surface area contributed by atoms with Gasteiger partial charge in [-0.3, -0.25) is 0 Å². The van der Waals surface area contributed by atoms with Crippen LogP contribution in [0.2, 0.25) is 5.15 Å². The summed E-state index contributed by atoms with van der Waals surface area (Å²) in [5.41, 5.74) is 0.664. The maximum atomic E-state index is 6.01. The monoisotopic (exact) mass is 250 g/mol. The van der Waals surface area contributed by atoms with Crippen molar-refractivity contribution in [2.75, 3.05) is 0 Å². The molecule has 0 N–H and O–H groups in total. The van der Waals surface area contributed by atoms with E-state index in [4.69, 9.17) is 16.3 Å². The molecular weight excluding hydrogens is 238 g/mol. The van der Waals surface area contributed by atoms with Crippen molar-refractivity contribution in [3.63, 3.8) is 0 Å². The Morgan fingerprint density at radius 1 is 1.59 bits per heavy atom. The predicted octanol–water partition coefficient (Wildman–Crippen LogP) is 2.76. The number of rotatable bonds is 2. The van der Waals surface area contributed by atoms with E-state index in [1.807, 2.05) is 6.07 Å². The van der Waals surface area contributed by atoms with Gasteiger partial charge in [0.2, 0.25) is 5.88 Å². The largest absolute Gasteiger partial charge is 0.469 e. The molecule has 1 saturated carbocycles. The lowest BCUT2D eigenvalue weighted by Gasteiger charge is -2.44. The molecule has 2 atom stereocenters. The maximum Gasteiger partial charge on any atom is 0.242 e. The van der Waals surface area contributed by atoms with E-state index in [0.717, 1.165) is 11.9 Å². The molecule has 17 heavy (non-hydrogen) atoms. The quantitative estimate of drug-likeness (QED) is 0.823. The van der Waals surface area contributed by atoms with Crippen LogP contribution in [0.3, 0.4) is 0 Å². The second-order valence-electron chi connectivity index (χ2n) is 4.67. The highest BCUT2D eigenvalue weighted by molar-refractivity contribution is 6.29. The lowest BCUT2D eigenvalue weighted by Crippen LogP contribution is -2.48.